The molecule has 0 spiro atoms. The summed E-state index contributed by atoms with van der Waals surface area (Å²) < 4.78 is 21.6. The Bertz CT molecular complexity index is 414. The van der Waals surface area contributed by atoms with Crippen LogP contribution in [0.5, 0.6) is 5.75 Å². The molecule has 0 aliphatic carbocycles. The van der Waals surface area contributed by atoms with Gasteiger partial charge in [-0.25, -0.2) is 4.57 Å². The molecule has 1 aromatic rings. The maximum absolute atomic E-state index is 11.7. The second kappa shape index (κ2) is 7.68. The van der Waals surface area contributed by atoms with Crippen LogP contribution in [0.3, 0.4) is 0 Å². The van der Waals surface area contributed by atoms with E-state index >= 15 is 0 Å². The van der Waals surface area contributed by atoms with Crippen LogP contribution in [0.4, 0.5) is 0 Å². The van der Waals surface area contributed by atoms with Gasteiger partial charge in [0.2, 0.25) is 0 Å². The fourth-order valence-corrected chi connectivity index (χ4v) is 2.41. The van der Waals surface area contributed by atoms with Gasteiger partial charge in [-0.15, -0.1) is 0 Å². The summed E-state index contributed by atoms with van der Waals surface area (Å²) in [7, 11) is -3.99. The van der Waals surface area contributed by atoms with Crippen molar-refractivity contribution in [2.45, 2.75) is 46.0 Å². The molecule has 1 unspecified atom stereocenters. The van der Waals surface area contributed by atoms with E-state index in [2.05, 4.69) is 20.8 Å². The molecule has 5 heteroatoms. The lowest BCUT2D eigenvalue weighted by Crippen LogP contribution is -1.99. The molecule has 19 heavy (non-hydrogen) atoms. The van der Waals surface area contributed by atoms with Crippen LogP contribution in [-0.4, -0.2) is 11.5 Å². The van der Waals surface area contributed by atoms with E-state index in [0.717, 1.165) is 24.8 Å². The van der Waals surface area contributed by atoms with Gasteiger partial charge in [0.05, 0.1) is 6.61 Å². The van der Waals surface area contributed by atoms with Crippen LogP contribution < -0.4 is 4.52 Å². The molecule has 0 saturated carbocycles. The van der Waals surface area contributed by atoms with Crippen molar-refractivity contribution in [3.63, 3.8) is 0 Å². The van der Waals surface area contributed by atoms with Crippen molar-refractivity contribution in [3.8, 4) is 5.75 Å². The largest absolute Gasteiger partial charge is 0.527 e. The molecule has 1 N–H and O–H groups in total. The first-order valence-electron chi connectivity index (χ1n) is 6.71. The quantitative estimate of drug-likeness (QED) is 0.565. The maximum atomic E-state index is 11.7. The van der Waals surface area contributed by atoms with Crippen LogP contribution in [0.2, 0.25) is 0 Å². The van der Waals surface area contributed by atoms with E-state index in [1.807, 2.05) is 12.1 Å². The van der Waals surface area contributed by atoms with E-state index in [1.54, 1.807) is 12.1 Å². The van der Waals surface area contributed by atoms with E-state index < -0.39 is 7.82 Å². The lowest BCUT2D eigenvalue weighted by atomic mass is 10.0. The van der Waals surface area contributed by atoms with Crippen molar-refractivity contribution in [2.75, 3.05) is 6.61 Å². The van der Waals surface area contributed by atoms with Gasteiger partial charge < -0.3 is 4.52 Å². The Hall–Kier alpha value is -0.830. The average Bonchev–Trinajstić information content (AvgIpc) is 2.35. The Kier molecular flexibility index (Phi) is 6.56. The van der Waals surface area contributed by atoms with Crippen molar-refractivity contribution in [1.29, 1.82) is 0 Å². The molecular formula is C14H23O4P. The van der Waals surface area contributed by atoms with Gasteiger partial charge in [0.1, 0.15) is 5.75 Å². The van der Waals surface area contributed by atoms with Crippen LogP contribution in [0.1, 0.15) is 51.5 Å². The van der Waals surface area contributed by atoms with Gasteiger partial charge in [0, 0.05) is 0 Å². The molecule has 0 aliphatic heterocycles. The molecular weight excluding hydrogens is 263 g/mol. The highest BCUT2D eigenvalue weighted by Gasteiger charge is 2.22. The summed E-state index contributed by atoms with van der Waals surface area (Å²) in [6.45, 7) is 6.48. The number of unbranched alkanes of at least 4 members (excludes halogenated alkanes) is 2. The highest BCUT2D eigenvalue weighted by atomic mass is 31.2. The standard InChI is InChI=1S/C14H23O4P/c1-4-5-6-11-17-19(15,16)18-14-9-7-13(8-10-14)12(2)3/h7-10,12H,4-6,11H2,1-3H3,(H,15,16). The number of hydrogen-bond donors (Lipinski definition) is 1. The molecule has 0 aliphatic rings. The lowest BCUT2D eigenvalue weighted by Gasteiger charge is -2.13. The molecule has 108 valence electrons. The molecule has 4 nitrogen and oxygen atoms in total. The second-order valence-electron chi connectivity index (χ2n) is 4.82. The third-order valence-corrected chi connectivity index (χ3v) is 3.72. The molecule has 1 aromatic carbocycles. The molecule has 0 saturated heterocycles. The normalized spacial score (nSPS) is 14.4. The van der Waals surface area contributed by atoms with Crippen molar-refractivity contribution in [1.82, 2.24) is 0 Å². The maximum Gasteiger partial charge on any atom is 0.527 e. The summed E-state index contributed by atoms with van der Waals surface area (Å²) in [5.41, 5.74) is 1.16. The number of phosphoric ester groups is 1. The van der Waals surface area contributed by atoms with E-state index in [0.29, 0.717) is 11.7 Å². The second-order valence-corrected chi connectivity index (χ2v) is 6.20. The van der Waals surface area contributed by atoms with Crippen LogP contribution in [-0.2, 0) is 9.09 Å². The topological polar surface area (TPSA) is 55.8 Å². The smallest absolute Gasteiger partial charge is 0.404 e. The zero-order valence-electron chi connectivity index (χ0n) is 11.8. The minimum absolute atomic E-state index is 0.242. The van der Waals surface area contributed by atoms with Gasteiger partial charge in [-0.2, -0.15) is 0 Å². The summed E-state index contributed by atoms with van der Waals surface area (Å²) in [5, 5.41) is 0. The molecule has 0 amide bonds. The van der Waals surface area contributed by atoms with Crippen LogP contribution in [0.15, 0.2) is 24.3 Å². The number of benzene rings is 1. The van der Waals surface area contributed by atoms with E-state index in [-0.39, 0.29) is 6.61 Å². The molecule has 1 atom stereocenters. The van der Waals surface area contributed by atoms with Gasteiger partial charge >= 0.3 is 7.82 Å². The Morgan fingerprint density at radius 2 is 1.84 bits per heavy atom. The van der Waals surface area contributed by atoms with Crippen molar-refractivity contribution >= 4 is 7.82 Å². The SMILES string of the molecule is CCCCCOP(=O)(O)Oc1ccc(C(C)C)cc1. The fraction of sp³-hybridized carbons (Fsp3) is 0.571. The summed E-state index contributed by atoms with van der Waals surface area (Å²) >= 11 is 0. The van der Waals surface area contributed by atoms with E-state index in [4.69, 9.17) is 9.05 Å². The van der Waals surface area contributed by atoms with Crippen LogP contribution >= 0.6 is 7.82 Å². The Labute approximate surface area is 115 Å². The van der Waals surface area contributed by atoms with Crippen molar-refractivity contribution < 1.29 is 18.5 Å². The van der Waals surface area contributed by atoms with Gasteiger partial charge in [0.25, 0.3) is 0 Å². The molecule has 0 heterocycles. The Morgan fingerprint density at radius 3 is 2.37 bits per heavy atom. The fourth-order valence-electron chi connectivity index (χ4n) is 1.61. The third-order valence-electron chi connectivity index (χ3n) is 2.77. The zero-order chi connectivity index (χ0) is 14.3. The van der Waals surface area contributed by atoms with Crippen LogP contribution in [0, 0.1) is 0 Å². The van der Waals surface area contributed by atoms with Gasteiger partial charge in [-0.1, -0.05) is 45.7 Å². The average molecular weight is 286 g/mol. The molecule has 0 aromatic heterocycles. The molecule has 0 bridgehead atoms. The predicted octanol–water partition coefficient (Wildman–Crippen LogP) is 4.50. The zero-order valence-corrected chi connectivity index (χ0v) is 12.7. The highest BCUT2D eigenvalue weighted by molar-refractivity contribution is 7.47. The first-order chi connectivity index (χ1) is 8.94. The molecule has 0 fully saturated rings. The van der Waals surface area contributed by atoms with Gasteiger partial charge in [0.15, 0.2) is 0 Å². The number of rotatable bonds is 8. The Morgan fingerprint density at radius 1 is 1.21 bits per heavy atom. The van der Waals surface area contributed by atoms with Gasteiger partial charge in [-0.3, -0.25) is 9.42 Å². The van der Waals surface area contributed by atoms with E-state index in [1.165, 1.54) is 0 Å². The van der Waals surface area contributed by atoms with Crippen LogP contribution in [0.25, 0.3) is 0 Å². The monoisotopic (exact) mass is 286 g/mol. The first-order valence-corrected chi connectivity index (χ1v) is 8.21. The third kappa shape index (κ3) is 6.24. The summed E-state index contributed by atoms with van der Waals surface area (Å²) in [5.74, 6) is 0.769. The molecule has 0 radical (unpaired) electrons. The lowest BCUT2D eigenvalue weighted by molar-refractivity contribution is 0.199. The molecule has 1 rings (SSSR count). The van der Waals surface area contributed by atoms with Crippen molar-refractivity contribution in [2.24, 2.45) is 0 Å². The Balaban J connectivity index is 2.50. The van der Waals surface area contributed by atoms with Crippen molar-refractivity contribution in [3.05, 3.63) is 29.8 Å². The van der Waals surface area contributed by atoms with Gasteiger partial charge in [-0.05, 0) is 30.0 Å². The summed E-state index contributed by atoms with van der Waals surface area (Å²) in [6.07, 6.45) is 2.77. The summed E-state index contributed by atoms with van der Waals surface area (Å²) in [4.78, 5) is 9.56. The van der Waals surface area contributed by atoms with E-state index in [9.17, 15) is 9.46 Å². The highest BCUT2D eigenvalue weighted by Crippen LogP contribution is 2.44. The minimum atomic E-state index is -3.99. The number of phosphoric acid groups is 1. The minimum Gasteiger partial charge on any atom is -0.404 e. The first kappa shape index (κ1) is 16.2. The predicted molar refractivity (Wildman–Crippen MR) is 76.5 cm³/mol. The number of hydrogen-bond acceptors (Lipinski definition) is 3. The summed E-state index contributed by atoms with van der Waals surface area (Å²) in [6, 6.07) is 7.15.